The van der Waals surface area contributed by atoms with Crippen molar-refractivity contribution in [3.05, 3.63) is 172 Å². The maximum atomic E-state index is 6.02. The zero-order valence-corrected chi connectivity index (χ0v) is 52.7. The lowest BCUT2D eigenvalue weighted by atomic mass is 9.91. The van der Waals surface area contributed by atoms with Crippen LogP contribution in [0.15, 0.2) is 127 Å². The van der Waals surface area contributed by atoms with Gasteiger partial charge < -0.3 is 9.47 Å². The standard InChI is InChI=1S/C30H38O.C26H36O.C21H34/c1-6-8-26-12-11-24(5)29-18-15-27(21-30(26)29)25-13-16-28(17-14-25)31-20-19-23(4)10-7-9-22(2)3;1-6-8-23-12-11-22(5)19-26(23)24-13-15-25(16-14-24)27-18-17-21(4)10-7-9-20(2)3;1-7-9-20-14-18(5)19(6)15-21(20)13-12-17(4)11-8-10-16(2)3/h6,8,11-18,21-23H,7,9-10,19-20H2,1-5H3;6,8,11-16,19-21H,7,9-10,17-18H2,1-5H3;7,9,14-17H,8,10-13H2,1-6H3/b2*8-6+;9-7+. The van der Waals surface area contributed by atoms with Crippen molar-refractivity contribution in [1.29, 1.82) is 0 Å². The van der Waals surface area contributed by atoms with Gasteiger partial charge in [-0.2, -0.15) is 0 Å². The lowest BCUT2D eigenvalue weighted by Gasteiger charge is -2.15. The summed E-state index contributed by atoms with van der Waals surface area (Å²) in [6.45, 7) is 37.5. The van der Waals surface area contributed by atoms with E-state index in [1.807, 2.05) is 0 Å². The molecule has 0 aromatic heterocycles. The van der Waals surface area contributed by atoms with Gasteiger partial charge in [-0.05, 0) is 212 Å². The summed E-state index contributed by atoms with van der Waals surface area (Å²) in [6.07, 6.45) is 29.8. The second kappa shape index (κ2) is 35.9. The fraction of sp³-hybridized carbons (Fsp3) is 0.481. The second-order valence-electron chi connectivity index (χ2n) is 24.6. The summed E-state index contributed by atoms with van der Waals surface area (Å²) in [4.78, 5) is 0. The summed E-state index contributed by atoms with van der Waals surface area (Å²) < 4.78 is 12.0. The number of rotatable bonds is 28. The van der Waals surface area contributed by atoms with Gasteiger partial charge in [-0.15, -0.1) is 0 Å². The van der Waals surface area contributed by atoms with Gasteiger partial charge in [0.15, 0.2) is 0 Å². The maximum absolute atomic E-state index is 6.02. The highest BCUT2D eigenvalue weighted by Crippen LogP contribution is 2.32. The zero-order valence-electron chi connectivity index (χ0n) is 52.7. The zero-order chi connectivity index (χ0) is 57.7. The minimum absolute atomic E-state index is 0.727. The summed E-state index contributed by atoms with van der Waals surface area (Å²) in [6, 6.07) is 39.6. The number of benzene rings is 6. The van der Waals surface area contributed by atoms with Crippen LogP contribution >= 0.6 is 0 Å². The number of aryl methyl sites for hydroxylation is 5. The Labute approximate surface area is 484 Å². The molecule has 0 aliphatic rings. The minimum Gasteiger partial charge on any atom is -0.494 e. The highest BCUT2D eigenvalue weighted by atomic mass is 16.5. The smallest absolute Gasteiger partial charge is 0.119 e. The van der Waals surface area contributed by atoms with Crippen LogP contribution < -0.4 is 9.47 Å². The van der Waals surface area contributed by atoms with Crippen LogP contribution in [0, 0.1) is 63.2 Å². The van der Waals surface area contributed by atoms with Crippen molar-refractivity contribution in [2.45, 2.75) is 194 Å². The highest BCUT2D eigenvalue weighted by Gasteiger charge is 2.11. The molecule has 0 aliphatic carbocycles. The Bertz CT molecular complexity index is 2740. The van der Waals surface area contributed by atoms with Crippen molar-refractivity contribution in [3.63, 3.8) is 0 Å². The van der Waals surface area contributed by atoms with E-state index in [-0.39, 0.29) is 0 Å². The molecule has 0 fully saturated rings. The molecule has 6 aromatic carbocycles. The molecule has 3 unspecified atom stereocenters. The van der Waals surface area contributed by atoms with Gasteiger partial charge in [0.2, 0.25) is 0 Å². The molecular formula is C77H108O2. The predicted octanol–water partition coefficient (Wildman–Crippen LogP) is 23.7. The van der Waals surface area contributed by atoms with Crippen LogP contribution in [-0.2, 0) is 6.42 Å². The topological polar surface area (TPSA) is 18.5 Å². The Balaban J connectivity index is 0.000000260. The minimum atomic E-state index is 0.727. The van der Waals surface area contributed by atoms with Crippen LogP contribution in [0.4, 0.5) is 0 Å². The molecule has 2 nitrogen and oxygen atoms in total. The van der Waals surface area contributed by atoms with Crippen LogP contribution in [0.3, 0.4) is 0 Å². The number of ether oxygens (including phenoxy) is 2. The average molecular weight is 1070 g/mol. The quantitative estimate of drug-likeness (QED) is 0.0487. The average Bonchev–Trinajstić information content (AvgIpc) is 3.43. The van der Waals surface area contributed by atoms with E-state index in [0.717, 1.165) is 73.1 Å². The van der Waals surface area contributed by atoms with Crippen molar-refractivity contribution >= 4 is 29.0 Å². The van der Waals surface area contributed by atoms with E-state index < -0.39 is 0 Å². The molecule has 79 heavy (non-hydrogen) atoms. The number of hydrogen-bond acceptors (Lipinski definition) is 2. The second-order valence-corrected chi connectivity index (χ2v) is 24.6. The van der Waals surface area contributed by atoms with Crippen LogP contribution in [0.5, 0.6) is 11.5 Å². The third kappa shape index (κ3) is 24.3. The SMILES string of the molecule is C/C=C/c1cc(C)c(C)cc1CCC(C)CCCC(C)C.C/C=C/c1ccc(C)c2ccc(-c3ccc(OCCC(C)CCCC(C)C)cc3)cc12.C/C=C/c1ccc(C)cc1-c1ccc(OCCC(C)CCCC(C)C)cc1. The van der Waals surface area contributed by atoms with Crippen molar-refractivity contribution in [2.24, 2.45) is 35.5 Å². The van der Waals surface area contributed by atoms with E-state index in [9.17, 15) is 0 Å². The summed E-state index contributed by atoms with van der Waals surface area (Å²) in [5.41, 5.74) is 15.9. The van der Waals surface area contributed by atoms with E-state index in [1.54, 1.807) is 0 Å². The first-order chi connectivity index (χ1) is 37.9. The predicted molar refractivity (Wildman–Crippen MR) is 353 cm³/mol. The Kier molecular flexibility index (Phi) is 30.0. The maximum Gasteiger partial charge on any atom is 0.119 e. The van der Waals surface area contributed by atoms with E-state index in [2.05, 4.69) is 256 Å². The van der Waals surface area contributed by atoms with Gasteiger partial charge in [0.25, 0.3) is 0 Å². The molecule has 0 N–H and O–H groups in total. The molecule has 0 saturated carbocycles. The number of allylic oxidation sites excluding steroid dienone is 3. The molecular weight excluding hydrogens is 957 g/mol. The molecule has 6 aromatic rings. The van der Waals surface area contributed by atoms with Crippen LogP contribution in [0.25, 0.3) is 51.3 Å². The molecule has 3 atom stereocenters. The molecule has 428 valence electrons. The van der Waals surface area contributed by atoms with Gasteiger partial charge in [0, 0.05) is 0 Å². The first-order valence-corrected chi connectivity index (χ1v) is 31.0. The molecule has 0 saturated heterocycles. The van der Waals surface area contributed by atoms with Gasteiger partial charge in [-0.25, -0.2) is 0 Å². The molecule has 0 amide bonds. The third-order valence-corrected chi connectivity index (χ3v) is 15.7. The van der Waals surface area contributed by atoms with E-state index in [0.29, 0.717) is 0 Å². The largest absolute Gasteiger partial charge is 0.494 e. The van der Waals surface area contributed by atoms with Crippen molar-refractivity contribution in [2.75, 3.05) is 13.2 Å². The first kappa shape index (κ1) is 65.9. The molecule has 6 rings (SSSR count). The van der Waals surface area contributed by atoms with Crippen LogP contribution in [-0.4, -0.2) is 13.2 Å². The lowest BCUT2D eigenvalue weighted by Crippen LogP contribution is -2.04. The Morgan fingerprint density at radius 1 is 0.367 bits per heavy atom. The van der Waals surface area contributed by atoms with E-state index >= 15 is 0 Å². The molecule has 0 aliphatic heterocycles. The molecule has 0 bridgehead atoms. The third-order valence-electron chi connectivity index (χ3n) is 15.7. The number of hydrogen-bond donors (Lipinski definition) is 0. The Morgan fingerprint density at radius 2 is 0.823 bits per heavy atom. The van der Waals surface area contributed by atoms with Crippen molar-refractivity contribution < 1.29 is 9.47 Å². The fourth-order valence-electron chi connectivity index (χ4n) is 10.4. The van der Waals surface area contributed by atoms with Gasteiger partial charge in [0.1, 0.15) is 11.5 Å². The molecule has 0 spiro atoms. The number of fused-ring (bicyclic) bond motifs is 1. The highest BCUT2D eigenvalue weighted by molar-refractivity contribution is 5.95. The lowest BCUT2D eigenvalue weighted by molar-refractivity contribution is 0.275. The Hall–Kier alpha value is -5.60. The van der Waals surface area contributed by atoms with Crippen LogP contribution in [0.1, 0.15) is 205 Å². The summed E-state index contributed by atoms with van der Waals surface area (Å²) in [5, 5.41) is 2.63. The van der Waals surface area contributed by atoms with Gasteiger partial charge >= 0.3 is 0 Å². The van der Waals surface area contributed by atoms with Gasteiger partial charge in [0.05, 0.1) is 13.2 Å². The van der Waals surface area contributed by atoms with E-state index in [4.69, 9.17) is 9.47 Å². The summed E-state index contributed by atoms with van der Waals surface area (Å²) in [7, 11) is 0. The summed E-state index contributed by atoms with van der Waals surface area (Å²) in [5.74, 6) is 6.70. The Morgan fingerprint density at radius 3 is 1.34 bits per heavy atom. The molecule has 2 heteroatoms. The monoisotopic (exact) mass is 1060 g/mol. The van der Waals surface area contributed by atoms with Crippen molar-refractivity contribution in [1.82, 2.24) is 0 Å². The van der Waals surface area contributed by atoms with E-state index in [1.165, 1.54) is 148 Å². The normalized spacial score (nSPS) is 12.8. The molecule has 0 radical (unpaired) electrons. The van der Waals surface area contributed by atoms with Crippen molar-refractivity contribution in [3.8, 4) is 33.8 Å². The van der Waals surface area contributed by atoms with Gasteiger partial charge in [-0.3, -0.25) is 0 Å². The van der Waals surface area contributed by atoms with Gasteiger partial charge in [-0.1, -0.05) is 241 Å². The van der Waals surface area contributed by atoms with Crippen LogP contribution in [0.2, 0.25) is 0 Å². The first-order valence-electron chi connectivity index (χ1n) is 31.0. The fourth-order valence-corrected chi connectivity index (χ4v) is 10.4. The summed E-state index contributed by atoms with van der Waals surface area (Å²) >= 11 is 0. The molecule has 0 heterocycles.